The van der Waals surface area contributed by atoms with Crippen molar-refractivity contribution in [1.29, 1.82) is 0 Å². The molecule has 1 aromatic rings. The number of carbonyl (C=O) groups is 2. The molecule has 1 saturated heterocycles. The smallest absolute Gasteiger partial charge is 0.331 e. The van der Waals surface area contributed by atoms with Crippen LogP contribution >= 0.6 is 0 Å². The second kappa shape index (κ2) is 6.89. The minimum Gasteiger partial charge on any atom is -0.479 e. The Kier molecular flexibility index (Phi) is 4.95. The summed E-state index contributed by atoms with van der Waals surface area (Å²) in [7, 11) is 0. The van der Waals surface area contributed by atoms with Crippen molar-refractivity contribution in [2.24, 2.45) is 5.92 Å². The lowest BCUT2D eigenvalue weighted by Gasteiger charge is -2.40. The monoisotopic (exact) mass is 359 g/mol. The third-order valence-corrected chi connectivity index (χ3v) is 5.71. The maximum atomic E-state index is 12.7. The molecule has 0 radical (unpaired) electrons. The van der Waals surface area contributed by atoms with Crippen LogP contribution in [0, 0.1) is 5.92 Å². The predicted molar refractivity (Wildman–Crippen MR) is 98.8 cm³/mol. The van der Waals surface area contributed by atoms with Crippen LogP contribution in [0.15, 0.2) is 24.4 Å². The fourth-order valence-electron chi connectivity index (χ4n) is 3.88. The lowest BCUT2D eigenvalue weighted by Crippen LogP contribution is -2.53. The number of carbonyl (C=O) groups excluding carboxylic acids is 1. The first kappa shape index (κ1) is 18.7. The highest BCUT2D eigenvalue weighted by atomic mass is 16.4. The molecule has 3 rings (SSSR count). The first-order valence-electron chi connectivity index (χ1n) is 9.48. The van der Waals surface area contributed by atoms with Crippen LogP contribution in [0.1, 0.15) is 58.6 Å². The molecule has 142 valence electrons. The molecule has 0 saturated carbocycles. The SMILES string of the molecule is CC(C)(C)c1ccn(C2(C(=O)O)CCN(C(=O)C3CC=CCC3)CC2)n1. The highest BCUT2D eigenvalue weighted by molar-refractivity contribution is 5.81. The average molecular weight is 359 g/mol. The zero-order chi connectivity index (χ0) is 18.9. The zero-order valence-corrected chi connectivity index (χ0v) is 15.9. The zero-order valence-electron chi connectivity index (χ0n) is 15.9. The van der Waals surface area contributed by atoms with Gasteiger partial charge >= 0.3 is 5.97 Å². The van der Waals surface area contributed by atoms with E-state index in [1.54, 1.807) is 10.9 Å². The summed E-state index contributed by atoms with van der Waals surface area (Å²) in [5.41, 5.74) is -0.311. The molecule has 1 unspecified atom stereocenters. The Labute approximate surface area is 154 Å². The molecule has 1 N–H and O–H groups in total. The van der Waals surface area contributed by atoms with Gasteiger partial charge in [-0.3, -0.25) is 9.48 Å². The summed E-state index contributed by atoms with van der Waals surface area (Å²) >= 11 is 0. The molecule has 6 heteroatoms. The number of aliphatic carboxylic acids is 1. The topological polar surface area (TPSA) is 75.4 Å². The fraction of sp³-hybridized carbons (Fsp3) is 0.650. The Morgan fingerprint density at radius 3 is 2.42 bits per heavy atom. The van der Waals surface area contributed by atoms with Gasteiger partial charge in [0.1, 0.15) is 0 Å². The fourth-order valence-corrected chi connectivity index (χ4v) is 3.88. The molecule has 0 aromatic carbocycles. The maximum Gasteiger partial charge on any atom is 0.331 e. The number of hydrogen-bond donors (Lipinski definition) is 1. The van der Waals surface area contributed by atoms with Gasteiger partial charge in [0.25, 0.3) is 0 Å². The van der Waals surface area contributed by atoms with Crippen LogP contribution in [0.25, 0.3) is 0 Å². The number of allylic oxidation sites excluding steroid dienone is 2. The first-order chi connectivity index (χ1) is 12.2. The van der Waals surface area contributed by atoms with E-state index < -0.39 is 11.5 Å². The van der Waals surface area contributed by atoms with Gasteiger partial charge in [-0.15, -0.1) is 0 Å². The van der Waals surface area contributed by atoms with Crippen LogP contribution in [0.2, 0.25) is 0 Å². The van der Waals surface area contributed by atoms with Gasteiger partial charge in [0, 0.05) is 43.5 Å². The van der Waals surface area contributed by atoms with Crippen LogP contribution < -0.4 is 0 Å². The van der Waals surface area contributed by atoms with E-state index in [9.17, 15) is 14.7 Å². The number of piperidine rings is 1. The van der Waals surface area contributed by atoms with Gasteiger partial charge in [0.15, 0.2) is 5.54 Å². The Bertz CT molecular complexity index is 706. The van der Waals surface area contributed by atoms with Crippen molar-refractivity contribution in [3.8, 4) is 0 Å². The van der Waals surface area contributed by atoms with E-state index in [0.717, 1.165) is 25.0 Å². The Balaban J connectivity index is 1.75. The van der Waals surface area contributed by atoms with Crippen LogP contribution in [-0.2, 0) is 20.5 Å². The number of nitrogens with zero attached hydrogens (tertiary/aromatic N) is 3. The molecule has 1 amide bonds. The second-order valence-corrected chi connectivity index (χ2v) is 8.54. The van der Waals surface area contributed by atoms with E-state index in [1.807, 2.05) is 11.0 Å². The van der Waals surface area contributed by atoms with E-state index in [4.69, 9.17) is 0 Å². The molecule has 1 aliphatic heterocycles. The summed E-state index contributed by atoms with van der Waals surface area (Å²) in [5.74, 6) is -0.646. The lowest BCUT2D eigenvalue weighted by molar-refractivity contribution is -0.154. The van der Waals surface area contributed by atoms with E-state index in [2.05, 4.69) is 38.0 Å². The van der Waals surface area contributed by atoms with Crippen molar-refractivity contribution in [3.05, 3.63) is 30.1 Å². The molecule has 1 aliphatic carbocycles. The average Bonchev–Trinajstić information content (AvgIpc) is 3.13. The minimum atomic E-state index is -1.06. The Morgan fingerprint density at radius 1 is 1.23 bits per heavy atom. The summed E-state index contributed by atoms with van der Waals surface area (Å²) in [4.78, 5) is 26.7. The minimum absolute atomic E-state index is 0.0505. The molecule has 1 fully saturated rings. The largest absolute Gasteiger partial charge is 0.479 e. The van der Waals surface area contributed by atoms with Crippen molar-refractivity contribution >= 4 is 11.9 Å². The van der Waals surface area contributed by atoms with Gasteiger partial charge in [0.2, 0.25) is 5.91 Å². The predicted octanol–water partition coefficient (Wildman–Crippen LogP) is 2.94. The molecule has 0 spiro atoms. The van der Waals surface area contributed by atoms with Crippen molar-refractivity contribution in [2.75, 3.05) is 13.1 Å². The Morgan fingerprint density at radius 2 is 1.92 bits per heavy atom. The summed E-state index contributed by atoms with van der Waals surface area (Å²) in [6.07, 6.45) is 9.40. The summed E-state index contributed by atoms with van der Waals surface area (Å²) in [5, 5.41) is 14.5. The molecule has 1 atom stereocenters. The van der Waals surface area contributed by atoms with E-state index in [1.165, 1.54) is 0 Å². The van der Waals surface area contributed by atoms with Crippen LogP contribution in [0.5, 0.6) is 0 Å². The molecule has 2 aliphatic rings. The van der Waals surface area contributed by atoms with Crippen LogP contribution in [-0.4, -0.2) is 44.8 Å². The second-order valence-electron chi connectivity index (χ2n) is 8.54. The first-order valence-corrected chi connectivity index (χ1v) is 9.48. The number of rotatable bonds is 3. The number of amides is 1. The Hall–Kier alpha value is -2.11. The number of aromatic nitrogens is 2. The normalized spacial score (nSPS) is 23.0. The number of carboxylic acids is 1. The van der Waals surface area contributed by atoms with Crippen molar-refractivity contribution < 1.29 is 14.7 Å². The molecular formula is C20H29N3O3. The molecule has 6 nitrogen and oxygen atoms in total. The maximum absolute atomic E-state index is 12.7. The summed E-state index contributed by atoms with van der Waals surface area (Å²) in [6, 6.07) is 1.90. The standard InChI is InChI=1S/C20H29N3O3/c1-19(2,3)16-9-12-23(21-16)20(18(25)26)10-13-22(14-11-20)17(24)15-7-5-4-6-8-15/h4-5,9,12,15H,6-8,10-11,13-14H2,1-3H3,(H,25,26). The number of likely N-dealkylation sites (tertiary alicyclic amines) is 1. The van der Waals surface area contributed by atoms with Crippen molar-refractivity contribution in [3.63, 3.8) is 0 Å². The lowest BCUT2D eigenvalue weighted by atomic mass is 9.86. The third kappa shape index (κ3) is 3.41. The van der Waals surface area contributed by atoms with E-state index >= 15 is 0 Å². The molecule has 26 heavy (non-hydrogen) atoms. The third-order valence-electron chi connectivity index (χ3n) is 5.71. The number of hydrogen-bond acceptors (Lipinski definition) is 3. The van der Waals surface area contributed by atoms with Gasteiger partial charge in [-0.05, 0) is 25.3 Å². The molecule has 1 aromatic heterocycles. The van der Waals surface area contributed by atoms with Crippen molar-refractivity contribution in [2.45, 2.75) is 63.8 Å². The number of carboxylic acid groups (broad SMARTS) is 1. The van der Waals surface area contributed by atoms with Gasteiger partial charge in [-0.25, -0.2) is 4.79 Å². The van der Waals surface area contributed by atoms with Gasteiger partial charge in [-0.2, -0.15) is 5.10 Å². The molecule has 0 bridgehead atoms. The van der Waals surface area contributed by atoms with Crippen LogP contribution in [0.4, 0.5) is 0 Å². The van der Waals surface area contributed by atoms with Gasteiger partial charge < -0.3 is 10.0 Å². The van der Waals surface area contributed by atoms with Gasteiger partial charge in [0.05, 0.1) is 5.69 Å². The highest BCUT2D eigenvalue weighted by Gasteiger charge is 2.45. The van der Waals surface area contributed by atoms with Crippen molar-refractivity contribution in [1.82, 2.24) is 14.7 Å². The molecular weight excluding hydrogens is 330 g/mol. The summed E-state index contributed by atoms with van der Waals surface area (Å²) < 4.78 is 1.61. The highest BCUT2D eigenvalue weighted by Crippen LogP contribution is 2.33. The quantitative estimate of drug-likeness (QED) is 0.842. The van der Waals surface area contributed by atoms with E-state index in [0.29, 0.717) is 25.9 Å². The van der Waals surface area contributed by atoms with E-state index in [-0.39, 0.29) is 17.2 Å². The van der Waals surface area contributed by atoms with Gasteiger partial charge in [-0.1, -0.05) is 32.9 Å². The summed E-state index contributed by atoms with van der Waals surface area (Å²) in [6.45, 7) is 7.12. The molecule has 2 heterocycles. The van der Waals surface area contributed by atoms with Crippen LogP contribution in [0.3, 0.4) is 0 Å².